The van der Waals surface area contributed by atoms with E-state index in [9.17, 15) is 4.79 Å². The monoisotopic (exact) mass is 281 g/mol. The first-order valence-electron chi connectivity index (χ1n) is 7.08. The summed E-state index contributed by atoms with van der Waals surface area (Å²) in [5.74, 6) is 0.129. The van der Waals surface area contributed by atoms with Crippen LogP contribution >= 0.6 is 0 Å². The predicted molar refractivity (Wildman–Crippen MR) is 73.5 cm³/mol. The number of rotatable bonds is 3. The number of carbonyl (C=O) groups is 1. The van der Waals surface area contributed by atoms with Crippen molar-refractivity contribution in [1.82, 2.24) is 15.0 Å². The van der Waals surface area contributed by atoms with Crippen LogP contribution in [0.5, 0.6) is 0 Å². The summed E-state index contributed by atoms with van der Waals surface area (Å²) in [6.07, 6.45) is 2.06. The summed E-state index contributed by atoms with van der Waals surface area (Å²) in [7, 11) is 0. The number of hydrogen-bond donors (Lipinski definition) is 0. The summed E-state index contributed by atoms with van der Waals surface area (Å²) in [5, 5.41) is 8.06. The summed E-state index contributed by atoms with van der Waals surface area (Å²) < 4.78 is 12.5. The maximum atomic E-state index is 12.0. The standard InChI is InChI=1S/C14H23N3O3/c1-10-12(13(18)20-14(2,3)4)15-16-17(10)9-11-5-7-19-8-6-11/h11H,5-9H2,1-4H3. The van der Waals surface area contributed by atoms with Crippen LogP contribution in [0.25, 0.3) is 0 Å². The van der Waals surface area contributed by atoms with E-state index < -0.39 is 11.6 Å². The maximum absolute atomic E-state index is 12.0. The van der Waals surface area contributed by atoms with Crippen LogP contribution < -0.4 is 0 Å². The van der Waals surface area contributed by atoms with Gasteiger partial charge in [0, 0.05) is 19.8 Å². The minimum Gasteiger partial charge on any atom is -0.455 e. The summed E-state index contributed by atoms with van der Waals surface area (Å²) >= 11 is 0. The van der Waals surface area contributed by atoms with Gasteiger partial charge in [-0.3, -0.25) is 0 Å². The van der Waals surface area contributed by atoms with Crippen molar-refractivity contribution >= 4 is 5.97 Å². The lowest BCUT2D eigenvalue weighted by atomic mass is 10.0. The van der Waals surface area contributed by atoms with E-state index in [0.717, 1.165) is 38.3 Å². The van der Waals surface area contributed by atoms with Crippen LogP contribution in [-0.4, -0.2) is 39.8 Å². The zero-order valence-electron chi connectivity index (χ0n) is 12.7. The van der Waals surface area contributed by atoms with Crippen molar-refractivity contribution in [2.45, 2.75) is 52.7 Å². The Morgan fingerprint density at radius 3 is 2.65 bits per heavy atom. The average molecular weight is 281 g/mol. The number of carbonyl (C=O) groups excluding carboxylic acids is 1. The summed E-state index contributed by atoms with van der Waals surface area (Å²) in [4.78, 5) is 12.0. The Balaban J connectivity index is 2.04. The fraction of sp³-hybridized carbons (Fsp3) is 0.786. The second kappa shape index (κ2) is 5.91. The molecule has 1 aliphatic heterocycles. The number of nitrogens with zero attached hydrogens (tertiary/aromatic N) is 3. The summed E-state index contributed by atoms with van der Waals surface area (Å²) in [6, 6.07) is 0. The Morgan fingerprint density at radius 2 is 2.05 bits per heavy atom. The number of esters is 1. The molecule has 112 valence electrons. The summed E-state index contributed by atoms with van der Waals surface area (Å²) in [6.45, 7) is 9.77. The molecule has 0 spiro atoms. The molecule has 0 saturated carbocycles. The van der Waals surface area contributed by atoms with Crippen LogP contribution in [0.3, 0.4) is 0 Å². The number of ether oxygens (including phenoxy) is 2. The van der Waals surface area contributed by atoms with E-state index in [1.165, 1.54) is 0 Å². The van der Waals surface area contributed by atoms with Gasteiger partial charge in [-0.15, -0.1) is 5.10 Å². The van der Waals surface area contributed by atoms with E-state index in [0.29, 0.717) is 11.6 Å². The van der Waals surface area contributed by atoms with Gasteiger partial charge in [0.15, 0.2) is 5.69 Å². The van der Waals surface area contributed by atoms with Crippen molar-refractivity contribution in [3.8, 4) is 0 Å². The zero-order valence-corrected chi connectivity index (χ0v) is 12.7. The van der Waals surface area contributed by atoms with Gasteiger partial charge in [-0.25, -0.2) is 9.48 Å². The second-order valence-corrected chi connectivity index (χ2v) is 6.26. The highest BCUT2D eigenvalue weighted by Crippen LogP contribution is 2.19. The van der Waals surface area contributed by atoms with Crippen molar-refractivity contribution in [3.63, 3.8) is 0 Å². The van der Waals surface area contributed by atoms with Crippen LogP contribution in [0.2, 0.25) is 0 Å². The highest BCUT2D eigenvalue weighted by atomic mass is 16.6. The van der Waals surface area contributed by atoms with Gasteiger partial charge < -0.3 is 9.47 Å². The van der Waals surface area contributed by atoms with Crippen LogP contribution in [0, 0.1) is 12.8 Å². The van der Waals surface area contributed by atoms with Crippen molar-refractivity contribution in [1.29, 1.82) is 0 Å². The van der Waals surface area contributed by atoms with E-state index >= 15 is 0 Å². The van der Waals surface area contributed by atoms with Crippen LogP contribution in [0.4, 0.5) is 0 Å². The molecule has 0 aliphatic carbocycles. The predicted octanol–water partition coefficient (Wildman–Crippen LogP) is 1.97. The average Bonchev–Trinajstić information content (AvgIpc) is 2.70. The lowest BCUT2D eigenvalue weighted by Gasteiger charge is -2.22. The van der Waals surface area contributed by atoms with Crippen molar-refractivity contribution < 1.29 is 14.3 Å². The highest BCUT2D eigenvalue weighted by Gasteiger charge is 2.24. The number of hydrogen-bond acceptors (Lipinski definition) is 5. The topological polar surface area (TPSA) is 66.2 Å². The first-order chi connectivity index (χ1) is 9.37. The van der Waals surface area contributed by atoms with E-state index in [-0.39, 0.29) is 0 Å². The molecule has 0 atom stereocenters. The molecule has 1 aromatic heterocycles. The molecule has 0 bridgehead atoms. The van der Waals surface area contributed by atoms with Gasteiger partial charge >= 0.3 is 5.97 Å². The van der Waals surface area contributed by atoms with Gasteiger partial charge in [-0.05, 0) is 46.5 Å². The smallest absolute Gasteiger partial charge is 0.361 e. The first-order valence-corrected chi connectivity index (χ1v) is 7.08. The molecule has 0 amide bonds. The van der Waals surface area contributed by atoms with Crippen molar-refractivity contribution in [2.24, 2.45) is 5.92 Å². The third-order valence-electron chi connectivity index (χ3n) is 3.35. The Labute approximate surface area is 119 Å². The Kier molecular flexibility index (Phi) is 4.42. The molecule has 0 unspecified atom stereocenters. The third-order valence-corrected chi connectivity index (χ3v) is 3.35. The molecule has 1 fully saturated rings. The second-order valence-electron chi connectivity index (χ2n) is 6.26. The molecule has 6 heteroatoms. The van der Waals surface area contributed by atoms with Crippen molar-refractivity contribution in [3.05, 3.63) is 11.4 Å². The fourth-order valence-corrected chi connectivity index (χ4v) is 2.22. The largest absolute Gasteiger partial charge is 0.455 e. The van der Waals surface area contributed by atoms with E-state index in [4.69, 9.17) is 9.47 Å². The van der Waals surface area contributed by atoms with E-state index in [1.807, 2.05) is 27.7 Å². The molecule has 20 heavy (non-hydrogen) atoms. The Hall–Kier alpha value is -1.43. The lowest BCUT2D eigenvalue weighted by molar-refractivity contribution is 0.00617. The fourth-order valence-electron chi connectivity index (χ4n) is 2.22. The van der Waals surface area contributed by atoms with Crippen LogP contribution in [0.15, 0.2) is 0 Å². The molecular weight excluding hydrogens is 258 g/mol. The van der Waals surface area contributed by atoms with E-state index in [2.05, 4.69) is 10.3 Å². The third kappa shape index (κ3) is 3.79. The highest BCUT2D eigenvalue weighted by molar-refractivity contribution is 5.88. The molecule has 2 rings (SSSR count). The van der Waals surface area contributed by atoms with E-state index in [1.54, 1.807) is 4.68 Å². The molecular formula is C14H23N3O3. The summed E-state index contributed by atoms with van der Waals surface area (Å²) in [5.41, 5.74) is 0.561. The first kappa shape index (κ1) is 15.0. The molecule has 2 heterocycles. The van der Waals surface area contributed by atoms with Gasteiger partial charge in [-0.2, -0.15) is 0 Å². The van der Waals surface area contributed by atoms with Crippen LogP contribution in [-0.2, 0) is 16.0 Å². The van der Waals surface area contributed by atoms with Crippen LogP contribution in [0.1, 0.15) is 49.8 Å². The zero-order chi connectivity index (χ0) is 14.8. The quantitative estimate of drug-likeness (QED) is 0.792. The van der Waals surface area contributed by atoms with Gasteiger partial charge in [-0.1, -0.05) is 5.21 Å². The molecule has 1 saturated heterocycles. The SMILES string of the molecule is Cc1c(C(=O)OC(C)(C)C)nnn1CC1CCOCC1. The van der Waals surface area contributed by atoms with Gasteiger partial charge in [0.25, 0.3) is 0 Å². The van der Waals surface area contributed by atoms with Gasteiger partial charge in [0.05, 0.1) is 5.69 Å². The molecule has 0 N–H and O–H groups in total. The molecule has 1 aromatic rings. The van der Waals surface area contributed by atoms with Gasteiger partial charge in [0.1, 0.15) is 5.60 Å². The maximum Gasteiger partial charge on any atom is 0.361 e. The lowest BCUT2D eigenvalue weighted by Crippen LogP contribution is -2.25. The molecule has 6 nitrogen and oxygen atoms in total. The Bertz CT molecular complexity index is 470. The molecule has 1 aliphatic rings. The minimum atomic E-state index is -0.520. The molecule has 0 aromatic carbocycles. The van der Waals surface area contributed by atoms with Crippen molar-refractivity contribution in [2.75, 3.05) is 13.2 Å². The minimum absolute atomic E-state index is 0.312. The number of aromatic nitrogens is 3. The van der Waals surface area contributed by atoms with Gasteiger partial charge in [0.2, 0.25) is 0 Å². The Morgan fingerprint density at radius 1 is 1.40 bits per heavy atom. The normalized spacial score (nSPS) is 17.2. The molecule has 0 radical (unpaired) electrons.